The van der Waals surface area contributed by atoms with Crippen LogP contribution in [0.25, 0.3) is 10.2 Å². The normalized spacial score (nSPS) is 18.3. The number of rotatable bonds is 8. The highest BCUT2D eigenvalue weighted by molar-refractivity contribution is 7.18. The summed E-state index contributed by atoms with van der Waals surface area (Å²) >= 11 is 3.45. The highest BCUT2D eigenvalue weighted by Gasteiger charge is 2.26. The van der Waals surface area contributed by atoms with Gasteiger partial charge < -0.3 is 15.7 Å². The SMILES string of the molecule is Cc1nc(NCc2cccs2)nc(N[C@H]2CC[C@@H](CO)C2)c1Cc1nc2ccccc2s1. The van der Waals surface area contributed by atoms with Gasteiger partial charge in [0.2, 0.25) is 5.95 Å². The van der Waals surface area contributed by atoms with E-state index in [1.165, 1.54) is 9.58 Å². The van der Waals surface area contributed by atoms with Crippen molar-refractivity contribution in [1.29, 1.82) is 0 Å². The summed E-state index contributed by atoms with van der Waals surface area (Å²) in [5, 5.41) is 19.8. The summed E-state index contributed by atoms with van der Waals surface area (Å²) in [5.74, 6) is 1.90. The van der Waals surface area contributed by atoms with Gasteiger partial charge in [0.1, 0.15) is 5.82 Å². The van der Waals surface area contributed by atoms with Gasteiger partial charge in [-0.1, -0.05) is 18.2 Å². The van der Waals surface area contributed by atoms with Crippen LogP contribution < -0.4 is 10.6 Å². The minimum atomic E-state index is 0.257. The Hall–Kier alpha value is -2.55. The van der Waals surface area contributed by atoms with E-state index in [1.54, 1.807) is 22.7 Å². The zero-order valence-corrected chi connectivity index (χ0v) is 19.7. The number of thiophene rings is 1. The van der Waals surface area contributed by atoms with Crippen molar-refractivity contribution in [2.75, 3.05) is 17.2 Å². The monoisotopic (exact) mass is 465 g/mol. The number of aryl methyl sites for hydroxylation is 1. The van der Waals surface area contributed by atoms with E-state index in [9.17, 15) is 5.11 Å². The van der Waals surface area contributed by atoms with E-state index in [0.29, 0.717) is 30.9 Å². The lowest BCUT2D eigenvalue weighted by Crippen LogP contribution is -2.20. The summed E-state index contributed by atoms with van der Waals surface area (Å²) in [6.45, 7) is 3.02. The molecular weight excluding hydrogens is 438 g/mol. The highest BCUT2D eigenvalue weighted by atomic mass is 32.1. The van der Waals surface area contributed by atoms with Gasteiger partial charge in [0, 0.05) is 35.2 Å². The Balaban J connectivity index is 1.42. The number of benzene rings is 1. The Kier molecular flexibility index (Phi) is 6.34. The Morgan fingerprint density at radius 2 is 2.00 bits per heavy atom. The molecule has 2 atom stereocenters. The van der Waals surface area contributed by atoms with E-state index in [0.717, 1.165) is 46.9 Å². The van der Waals surface area contributed by atoms with Gasteiger partial charge in [0.05, 0.1) is 21.8 Å². The number of fused-ring (bicyclic) bond motifs is 1. The first kappa shape index (κ1) is 21.3. The van der Waals surface area contributed by atoms with Crippen molar-refractivity contribution in [2.24, 2.45) is 5.92 Å². The van der Waals surface area contributed by atoms with Crippen LogP contribution in [0, 0.1) is 12.8 Å². The Labute approximate surface area is 195 Å². The molecule has 1 fully saturated rings. The molecule has 0 saturated heterocycles. The minimum absolute atomic E-state index is 0.257. The van der Waals surface area contributed by atoms with Gasteiger partial charge >= 0.3 is 0 Å². The second-order valence-corrected chi connectivity index (χ2v) is 10.5. The lowest BCUT2D eigenvalue weighted by Gasteiger charge is -2.19. The van der Waals surface area contributed by atoms with Crippen LogP contribution in [0.5, 0.6) is 0 Å². The van der Waals surface area contributed by atoms with Crippen LogP contribution in [0.2, 0.25) is 0 Å². The predicted molar refractivity (Wildman–Crippen MR) is 133 cm³/mol. The molecule has 3 heterocycles. The smallest absolute Gasteiger partial charge is 0.225 e. The first-order valence-corrected chi connectivity index (χ1v) is 12.7. The van der Waals surface area contributed by atoms with Gasteiger partial charge in [-0.3, -0.25) is 0 Å². The van der Waals surface area contributed by atoms with Crippen LogP contribution in [-0.2, 0) is 13.0 Å². The zero-order chi connectivity index (χ0) is 21.9. The number of aromatic nitrogens is 3. The lowest BCUT2D eigenvalue weighted by molar-refractivity contribution is 0.229. The largest absolute Gasteiger partial charge is 0.396 e. The Morgan fingerprint density at radius 3 is 2.78 bits per heavy atom. The van der Waals surface area contributed by atoms with Crippen molar-refractivity contribution in [3.63, 3.8) is 0 Å². The van der Waals surface area contributed by atoms with Crippen molar-refractivity contribution in [2.45, 2.75) is 45.2 Å². The maximum absolute atomic E-state index is 9.55. The maximum atomic E-state index is 9.55. The molecule has 0 unspecified atom stereocenters. The number of aliphatic hydroxyl groups is 1. The summed E-state index contributed by atoms with van der Waals surface area (Å²) in [5.41, 5.74) is 3.10. The summed E-state index contributed by atoms with van der Waals surface area (Å²) in [7, 11) is 0. The molecule has 1 aliphatic rings. The Bertz CT molecular complexity index is 1160. The molecule has 0 radical (unpaired) electrons. The van der Waals surface area contributed by atoms with Crippen molar-refractivity contribution in [3.8, 4) is 0 Å². The number of nitrogens with one attached hydrogen (secondary N) is 2. The fourth-order valence-corrected chi connectivity index (χ4v) is 5.92. The van der Waals surface area contributed by atoms with E-state index < -0.39 is 0 Å². The first-order valence-electron chi connectivity index (χ1n) is 11.0. The number of hydrogen-bond acceptors (Lipinski definition) is 8. The van der Waals surface area contributed by atoms with Crippen LogP contribution in [0.1, 0.15) is 40.4 Å². The molecule has 5 rings (SSSR count). The maximum Gasteiger partial charge on any atom is 0.225 e. The lowest BCUT2D eigenvalue weighted by atomic mass is 10.1. The molecule has 1 saturated carbocycles. The average Bonchev–Trinajstić information content (AvgIpc) is 3.55. The number of aliphatic hydroxyl groups excluding tert-OH is 1. The number of para-hydroxylation sites is 1. The third-order valence-corrected chi connectivity index (χ3v) is 7.93. The number of hydrogen-bond donors (Lipinski definition) is 3. The van der Waals surface area contributed by atoms with E-state index in [1.807, 2.05) is 6.07 Å². The molecule has 0 aliphatic heterocycles. The topological polar surface area (TPSA) is 83.0 Å². The summed E-state index contributed by atoms with van der Waals surface area (Å²) in [4.78, 5) is 15.7. The van der Waals surface area contributed by atoms with Crippen LogP contribution in [0.15, 0.2) is 41.8 Å². The third-order valence-electron chi connectivity index (χ3n) is 6.02. The van der Waals surface area contributed by atoms with Crippen LogP contribution >= 0.6 is 22.7 Å². The second-order valence-electron chi connectivity index (χ2n) is 8.35. The molecule has 4 aromatic rings. The molecule has 6 nitrogen and oxygen atoms in total. The van der Waals surface area contributed by atoms with Crippen LogP contribution in [0.3, 0.4) is 0 Å². The molecule has 0 amide bonds. The first-order chi connectivity index (χ1) is 15.7. The van der Waals surface area contributed by atoms with Gasteiger partial charge in [0.25, 0.3) is 0 Å². The average molecular weight is 466 g/mol. The van der Waals surface area contributed by atoms with Gasteiger partial charge in [-0.05, 0) is 55.7 Å². The Morgan fingerprint density at radius 1 is 1.09 bits per heavy atom. The third kappa shape index (κ3) is 4.77. The fourth-order valence-electron chi connectivity index (χ4n) is 4.30. The molecule has 0 bridgehead atoms. The van der Waals surface area contributed by atoms with E-state index in [2.05, 4.69) is 53.3 Å². The summed E-state index contributed by atoms with van der Waals surface area (Å²) in [6.07, 6.45) is 3.77. The molecule has 0 spiro atoms. The van der Waals surface area contributed by atoms with E-state index >= 15 is 0 Å². The minimum Gasteiger partial charge on any atom is -0.396 e. The number of thiazole rings is 1. The zero-order valence-electron chi connectivity index (χ0n) is 18.0. The fraction of sp³-hybridized carbons (Fsp3) is 0.375. The van der Waals surface area contributed by atoms with E-state index in [-0.39, 0.29) is 6.61 Å². The van der Waals surface area contributed by atoms with Crippen molar-refractivity contribution in [3.05, 3.63) is 62.9 Å². The van der Waals surface area contributed by atoms with Gasteiger partial charge in [-0.25, -0.2) is 9.97 Å². The standard InChI is InChI=1S/C24H27N5OS2/c1-15-19(12-22-28-20-6-2-3-7-21(20)32-22)23(27-17-9-8-16(11-17)14-30)29-24(26-15)25-13-18-5-4-10-31-18/h2-7,10,16-17,30H,8-9,11-14H2,1H3,(H2,25,26,27,29)/t16-,17+/m1/s1. The molecule has 166 valence electrons. The quantitative estimate of drug-likeness (QED) is 0.330. The van der Waals surface area contributed by atoms with Crippen LogP contribution in [-0.4, -0.2) is 32.7 Å². The van der Waals surface area contributed by atoms with Crippen LogP contribution in [0.4, 0.5) is 11.8 Å². The second kappa shape index (κ2) is 9.52. The van der Waals surface area contributed by atoms with E-state index in [4.69, 9.17) is 15.0 Å². The van der Waals surface area contributed by atoms with Gasteiger partial charge in [-0.15, -0.1) is 22.7 Å². The number of nitrogens with zero attached hydrogens (tertiary/aromatic N) is 3. The molecule has 3 aromatic heterocycles. The van der Waals surface area contributed by atoms with Crippen molar-refractivity contribution in [1.82, 2.24) is 15.0 Å². The molecule has 3 N–H and O–H groups in total. The summed E-state index contributed by atoms with van der Waals surface area (Å²) < 4.78 is 1.20. The molecule has 1 aliphatic carbocycles. The number of anilines is 2. The molecular formula is C24H27N5OS2. The van der Waals surface area contributed by atoms with Crippen molar-refractivity contribution < 1.29 is 5.11 Å². The summed E-state index contributed by atoms with van der Waals surface area (Å²) in [6, 6.07) is 12.7. The molecule has 32 heavy (non-hydrogen) atoms. The van der Waals surface area contributed by atoms with Crippen molar-refractivity contribution >= 4 is 44.7 Å². The van der Waals surface area contributed by atoms with Gasteiger partial charge in [-0.2, -0.15) is 4.98 Å². The molecule has 8 heteroatoms. The predicted octanol–water partition coefficient (Wildman–Crippen LogP) is 5.23. The molecule has 1 aromatic carbocycles. The highest BCUT2D eigenvalue weighted by Crippen LogP contribution is 2.31. The van der Waals surface area contributed by atoms with Gasteiger partial charge in [0.15, 0.2) is 0 Å².